The second-order valence-corrected chi connectivity index (χ2v) is 8.38. The number of amides is 2. The van der Waals surface area contributed by atoms with Crippen LogP contribution in [0.1, 0.15) is 28.9 Å². The summed E-state index contributed by atoms with van der Waals surface area (Å²) >= 11 is 1.31. The van der Waals surface area contributed by atoms with Crippen molar-refractivity contribution < 1.29 is 9.59 Å². The van der Waals surface area contributed by atoms with Gasteiger partial charge in [-0.15, -0.1) is 10.2 Å². The number of nitrogens with one attached hydrogen (secondary N) is 2. The Hall–Kier alpha value is -3.65. The third-order valence-corrected chi connectivity index (χ3v) is 6.09. The van der Waals surface area contributed by atoms with Gasteiger partial charge >= 0.3 is 0 Å². The van der Waals surface area contributed by atoms with Gasteiger partial charge in [-0.1, -0.05) is 48.2 Å². The summed E-state index contributed by atoms with van der Waals surface area (Å²) < 4.78 is 1.75. The van der Waals surface area contributed by atoms with Gasteiger partial charge < -0.3 is 15.2 Å². The molecule has 4 rings (SSSR count). The Morgan fingerprint density at radius 2 is 1.78 bits per heavy atom. The van der Waals surface area contributed by atoms with Gasteiger partial charge in [0.05, 0.1) is 11.8 Å². The van der Waals surface area contributed by atoms with E-state index in [1.54, 1.807) is 35.2 Å². The van der Waals surface area contributed by atoms with Crippen molar-refractivity contribution in [1.29, 1.82) is 0 Å². The fourth-order valence-electron chi connectivity index (χ4n) is 3.28. The number of benzene rings is 3. The lowest BCUT2D eigenvalue weighted by atomic mass is 10.0. The number of anilines is 1. The Balaban J connectivity index is 1.33. The Morgan fingerprint density at radius 1 is 1.03 bits per heavy atom. The maximum Gasteiger partial charge on any atom is 0.251 e. The molecule has 0 aliphatic carbocycles. The van der Waals surface area contributed by atoms with E-state index in [1.807, 2.05) is 32.2 Å². The minimum Gasteiger partial charge on any atom is -0.346 e. The molecule has 3 aromatic carbocycles. The number of rotatable bonds is 7. The predicted octanol–water partition coefficient (Wildman–Crippen LogP) is 4.19. The molecule has 0 aliphatic rings. The summed E-state index contributed by atoms with van der Waals surface area (Å²) in [4.78, 5) is 24.8. The Morgan fingerprint density at radius 3 is 2.50 bits per heavy atom. The number of thioether (sulfide) groups is 1. The highest BCUT2D eigenvalue weighted by Crippen LogP contribution is 2.21. The van der Waals surface area contributed by atoms with E-state index in [0.717, 1.165) is 10.9 Å². The van der Waals surface area contributed by atoms with Crippen LogP contribution in [0.3, 0.4) is 0 Å². The molecule has 0 fully saturated rings. The van der Waals surface area contributed by atoms with Gasteiger partial charge in [0.2, 0.25) is 5.91 Å². The summed E-state index contributed by atoms with van der Waals surface area (Å²) in [5.74, 6) is -0.0978. The number of hydrogen-bond donors (Lipinski definition) is 2. The number of carbonyl (C=O) groups is 2. The van der Waals surface area contributed by atoms with Crippen LogP contribution in [0.5, 0.6) is 0 Å². The van der Waals surface area contributed by atoms with E-state index in [2.05, 4.69) is 45.1 Å². The van der Waals surface area contributed by atoms with Crippen LogP contribution in [-0.4, -0.2) is 32.3 Å². The lowest BCUT2D eigenvalue weighted by molar-refractivity contribution is -0.113. The molecule has 2 N–H and O–H groups in total. The van der Waals surface area contributed by atoms with Crippen LogP contribution in [0.25, 0.3) is 10.8 Å². The van der Waals surface area contributed by atoms with Gasteiger partial charge in [0.15, 0.2) is 5.16 Å². The third kappa shape index (κ3) is 5.15. The van der Waals surface area contributed by atoms with E-state index < -0.39 is 0 Å². The largest absolute Gasteiger partial charge is 0.346 e. The molecule has 7 nitrogen and oxygen atoms in total. The van der Waals surface area contributed by atoms with Crippen LogP contribution in [0.2, 0.25) is 0 Å². The standard InChI is InChI=1S/C24H23N5O2S/c1-16(19-8-7-17-5-3-4-6-20(17)13-19)26-23(31)18-9-11-21(12-10-18)27-22(30)14-32-24-28-25-15-29(24)2/h3-13,15-16H,14H2,1-2H3,(H,26,31)(H,27,30)/t16-/m0/s1. The van der Waals surface area contributed by atoms with Crippen LogP contribution in [-0.2, 0) is 11.8 Å². The highest BCUT2D eigenvalue weighted by molar-refractivity contribution is 7.99. The Bertz CT molecular complexity index is 1250. The molecule has 0 bridgehead atoms. The third-order valence-electron chi connectivity index (χ3n) is 5.05. The van der Waals surface area contributed by atoms with E-state index in [4.69, 9.17) is 0 Å². The molecular formula is C24H23N5O2S. The number of aryl methyl sites for hydroxylation is 1. The number of nitrogens with zero attached hydrogens (tertiary/aromatic N) is 3. The summed E-state index contributed by atoms with van der Waals surface area (Å²) in [5.41, 5.74) is 2.21. The number of carbonyl (C=O) groups excluding carboxylic acids is 2. The van der Waals surface area contributed by atoms with Crippen molar-refractivity contribution in [3.8, 4) is 0 Å². The zero-order chi connectivity index (χ0) is 22.5. The summed E-state index contributed by atoms with van der Waals surface area (Å²) in [6.45, 7) is 1.96. The highest BCUT2D eigenvalue weighted by atomic mass is 32.2. The van der Waals surface area contributed by atoms with Crippen molar-refractivity contribution in [3.05, 3.63) is 84.2 Å². The molecule has 162 valence electrons. The molecule has 1 aromatic heterocycles. The normalized spacial score (nSPS) is 11.8. The van der Waals surface area contributed by atoms with Crippen molar-refractivity contribution in [1.82, 2.24) is 20.1 Å². The maximum absolute atomic E-state index is 12.7. The van der Waals surface area contributed by atoms with Crippen molar-refractivity contribution in [2.75, 3.05) is 11.1 Å². The fourth-order valence-corrected chi connectivity index (χ4v) is 3.96. The van der Waals surface area contributed by atoms with Crippen molar-refractivity contribution >= 4 is 40.0 Å². The topological polar surface area (TPSA) is 88.9 Å². The van der Waals surface area contributed by atoms with E-state index in [0.29, 0.717) is 16.4 Å². The van der Waals surface area contributed by atoms with Crippen LogP contribution >= 0.6 is 11.8 Å². The molecule has 1 heterocycles. The van der Waals surface area contributed by atoms with Crippen LogP contribution < -0.4 is 10.6 Å². The molecule has 0 saturated carbocycles. The molecule has 0 radical (unpaired) electrons. The first-order valence-electron chi connectivity index (χ1n) is 10.2. The Labute approximate surface area is 190 Å². The molecule has 4 aromatic rings. The van der Waals surface area contributed by atoms with Crippen molar-refractivity contribution in [3.63, 3.8) is 0 Å². The van der Waals surface area contributed by atoms with E-state index in [1.165, 1.54) is 17.1 Å². The number of fused-ring (bicyclic) bond motifs is 1. The Kier molecular flexibility index (Phi) is 6.51. The van der Waals surface area contributed by atoms with Crippen molar-refractivity contribution in [2.24, 2.45) is 7.05 Å². The smallest absolute Gasteiger partial charge is 0.251 e. The minimum absolute atomic E-state index is 0.135. The molecule has 2 amide bonds. The minimum atomic E-state index is -0.165. The summed E-state index contributed by atoms with van der Waals surface area (Å²) in [7, 11) is 1.82. The van der Waals surface area contributed by atoms with E-state index >= 15 is 0 Å². The van der Waals surface area contributed by atoms with Crippen molar-refractivity contribution in [2.45, 2.75) is 18.1 Å². The SMILES string of the molecule is C[C@H](NC(=O)c1ccc(NC(=O)CSc2nncn2C)cc1)c1ccc2ccccc2c1. The first-order valence-corrected chi connectivity index (χ1v) is 11.1. The molecule has 0 unspecified atom stereocenters. The number of aromatic nitrogens is 3. The number of hydrogen-bond acceptors (Lipinski definition) is 5. The van der Waals surface area contributed by atoms with Crippen LogP contribution in [0.4, 0.5) is 5.69 Å². The average molecular weight is 446 g/mol. The van der Waals surface area contributed by atoms with Gasteiger partial charge in [0, 0.05) is 18.3 Å². The van der Waals surface area contributed by atoms with Gasteiger partial charge in [-0.25, -0.2) is 0 Å². The van der Waals surface area contributed by atoms with Gasteiger partial charge in [-0.3, -0.25) is 9.59 Å². The van der Waals surface area contributed by atoms with Crippen LogP contribution in [0, 0.1) is 0 Å². The second-order valence-electron chi connectivity index (χ2n) is 7.44. The zero-order valence-electron chi connectivity index (χ0n) is 17.8. The molecule has 0 aliphatic heterocycles. The van der Waals surface area contributed by atoms with Gasteiger partial charge in [0.1, 0.15) is 6.33 Å². The van der Waals surface area contributed by atoms with Crippen LogP contribution in [0.15, 0.2) is 78.2 Å². The van der Waals surface area contributed by atoms with E-state index in [-0.39, 0.29) is 23.6 Å². The zero-order valence-corrected chi connectivity index (χ0v) is 18.6. The average Bonchev–Trinajstić information content (AvgIpc) is 3.22. The second kappa shape index (κ2) is 9.65. The monoisotopic (exact) mass is 445 g/mol. The molecule has 32 heavy (non-hydrogen) atoms. The molecule has 0 saturated heterocycles. The lowest BCUT2D eigenvalue weighted by Gasteiger charge is -2.15. The highest BCUT2D eigenvalue weighted by Gasteiger charge is 2.13. The summed E-state index contributed by atoms with van der Waals surface area (Å²) in [5, 5.41) is 16.6. The molecular weight excluding hydrogens is 422 g/mol. The molecule has 0 spiro atoms. The fraction of sp³-hybridized carbons (Fsp3) is 0.167. The quantitative estimate of drug-likeness (QED) is 0.417. The van der Waals surface area contributed by atoms with Gasteiger partial charge in [-0.2, -0.15) is 0 Å². The first kappa shape index (κ1) is 21.6. The maximum atomic E-state index is 12.7. The van der Waals surface area contributed by atoms with E-state index in [9.17, 15) is 9.59 Å². The first-order chi connectivity index (χ1) is 15.5. The molecule has 8 heteroatoms. The predicted molar refractivity (Wildman–Crippen MR) is 127 cm³/mol. The van der Waals surface area contributed by atoms with Gasteiger partial charge in [0.25, 0.3) is 5.91 Å². The van der Waals surface area contributed by atoms with Gasteiger partial charge in [-0.05, 0) is 53.6 Å². The molecule has 1 atom stereocenters. The summed E-state index contributed by atoms with van der Waals surface area (Å²) in [6.07, 6.45) is 1.59. The lowest BCUT2D eigenvalue weighted by Crippen LogP contribution is -2.26. The summed E-state index contributed by atoms with van der Waals surface area (Å²) in [6, 6.07) is 21.0.